The van der Waals surface area contributed by atoms with E-state index in [0.29, 0.717) is 6.61 Å². The van der Waals surface area contributed by atoms with E-state index < -0.39 is 66.0 Å². The Hall–Kier alpha value is 0.354. The van der Waals surface area contributed by atoms with Crippen LogP contribution in [-0.4, -0.2) is 84.7 Å². The number of ether oxygens (including phenoxy) is 1. The lowest BCUT2D eigenvalue weighted by Crippen LogP contribution is -2.57. The van der Waals surface area contributed by atoms with Crippen molar-refractivity contribution in [2.75, 3.05) is 6.61 Å². The third-order valence-corrected chi connectivity index (χ3v) is 9.40. The van der Waals surface area contributed by atoms with E-state index in [1.54, 1.807) is 0 Å². The van der Waals surface area contributed by atoms with Gasteiger partial charge >= 0.3 is 5.97 Å². The molecule has 0 N–H and O–H groups in total. The van der Waals surface area contributed by atoms with Crippen LogP contribution in [0.3, 0.4) is 0 Å². The number of cyclic esters (lactones) is 1. The molecule has 0 aromatic rings. The Morgan fingerprint density at radius 3 is 1.53 bits per heavy atom. The Labute approximate surface area is 214 Å². The molecule has 202 valence electrons. The molecule has 0 bridgehead atoms. The number of hydrogen-bond acceptors (Lipinski definition) is 7. The van der Waals surface area contributed by atoms with E-state index in [2.05, 4.69) is 98.2 Å². The minimum absolute atomic E-state index is 0.360. The molecule has 1 heterocycles. The van der Waals surface area contributed by atoms with E-state index >= 15 is 0 Å². The van der Waals surface area contributed by atoms with Gasteiger partial charge in [-0.3, -0.25) is 0 Å². The smallest absolute Gasteiger partial charge is 0.337 e. The van der Waals surface area contributed by atoms with Crippen molar-refractivity contribution in [3.05, 3.63) is 0 Å². The quantitative estimate of drug-likeness (QED) is 0.210. The van der Waals surface area contributed by atoms with Crippen LogP contribution in [0.15, 0.2) is 0 Å². The molecular weight excluding hydrogens is 517 g/mol. The lowest BCUT2D eigenvalue weighted by molar-refractivity contribution is -0.152. The van der Waals surface area contributed by atoms with Gasteiger partial charge in [0.05, 0.1) is 12.7 Å². The first-order valence-corrected chi connectivity index (χ1v) is 29.5. The van der Waals surface area contributed by atoms with E-state index in [1.165, 1.54) is 0 Å². The molecule has 0 spiro atoms. The fourth-order valence-corrected chi connectivity index (χ4v) is 8.55. The van der Waals surface area contributed by atoms with Crippen LogP contribution in [0.2, 0.25) is 98.2 Å². The second-order valence-corrected chi connectivity index (χ2v) is 36.5. The fraction of sp³-hybridized carbons (Fsp3) is 0.955. The molecule has 0 aliphatic carbocycles. The zero-order valence-corrected chi connectivity index (χ0v) is 29.5. The number of esters is 1. The monoisotopic (exact) mass is 568 g/mol. The molecule has 0 amide bonds. The molecule has 0 radical (unpaired) electrons. The maximum atomic E-state index is 13.2. The summed E-state index contributed by atoms with van der Waals surface area (Å²) in [6.07, 6.45) is -2.75. The van der Waals surface area contributed by atoms with Gasteiger partial charge in [-0.15, -0.1) is 0 Å². The molecule has 7 nitrogen and oxygen atoms in total. The first-order valence-electron chi connectivity index (χ1n) is 12.4. The maximum absolute atomic E-state index is 13.2. The summed E-state index contributed by atoms with van der Waals surface area (Å²) in [7, 11) is -9.92. The SMILES string of the molecule is C[Si](C)(C)OC[C@@H](O[Si](C)(C)C)[C@@H](O[Si](C)(C)C)[C@@H]1OC(=O)[C@H](O[Si](C)(C)C)[C@@H]1O[Si](C)(C)C. The van der Waals surface area contributed by atoms with Crippen molar-refractivity contribution >= 4 is 47.6 Å². The average molecular weight is 569 g/mol. The highest BCUT2D eigenvalue weighted by Gasteiger charge is 2.55. The summed E-state index contributed by atoms with van der Waals surface area (Å²) in [4.78, 5) is 13.2. The van der Waals surface area contributed by atoms with Crippen molar-refractivity contribution in [1.29, 1.82) is 0 Å². The van der Waals surface area contributed by atoms with E-state index in [9.17, 15) is 4.79 Å². The van der Waals surface area contributed by atoms with Crippen molar-refractivity contribution in [3.63, 3.8) is 0 Å². The van der Waals surface area contributed by atoms with Crippen molar-refractivity contribution in [2.45, 2.75) is 129 Å². The fourth-order valence-electron chi connectivity index (χ4n) is 3.61. The molecule has 1 rings (SSSR count). The van der Waals surface area contributed by atoms with Gasteiger partial charge in [0, 0.05) is 0 Å². The Bertz CT molecular complexity index is 672. The summed E-state index contributed by atoms with van der Waals surface area (Å²) < 4.78 is 38.8. The maximum Gasteiger partial charge on any atom is 0.337 e. The van der Waals surface area contributed by atoms with Crippen LogP contribution >= 0.6 is 0 Å². The van der Waals surface area contributed by atoms with Crippen LogP contribution in [0.4, 0.5) is 0 Å². The molecule has 1 aliphatic heterocycles. The zero-order valence-electron chi connectivity index (χ0n) is 24.5. The van der Waals surface area contributed by atoms with Gasteiger partial charge in [-0.1, -0.05) is 0 Å². The number of carbonyl (C=O) groups excluding carboxylic acids is 1. The summed E-state index contributed by atoms with van der Waals surface area (Å²) in [6, 6.07) is 0. The van der Waals surface area contributed by atoms with Crippen LogP contribution in [0.25, 0.3) is 0 Å². The van der Waals surface area contributed by atoms with Gasteiger partial charge < -0.3 is 26.9 Å². The molecule has 12 heteroatoms. The molecule has 1 saturated heterocycles. The summed E-state index contributed by atoms with van der Waals surface area (Å²) in [5, 5.41) is 0. The highest BCUT2D eigenvalue weighted by atomic mass is 28.4. The van der Waals surface area contributed by atoms with Crippen molar-refractivity contribution in [3.8, 4) is 0 Å². The standard InChI is InChI=1S/C22H52O7Si5/c1-30(2,3)24-16-17(26-31(4,5)6)18(27-32(7,8)9)19-20(28-33(10,11)12)21(22(23)25-19)29-34(13,14)15/h17-21H,16H2,1-15H3/t17-,18-,19+,20-,21-/m1/s1. The number of hydrogen-bond donors (Lipinski definition) is 0. The van der Waals surface area contributed by atoms with Crippen LogP contribution < -0.4 is 0 Å². The highest BCUT2D eigenvalue weighted by molar-refractivity contribution is 6.71. The predicted octanol–water partition coefficient (Wildman–Crippen LogP) is 5.64. The van der Waals surface area contributed by atoms with Crippen LogP contribution in [0.1, 0.15) is 0 Å². The van der Waals surface area contributed by atoms with Gasteiger partial charge in [0.2, 0.25) is 0 Å². The third-order valence-electron chi connectivity index (χ3n) is 4.44. The molecular formula is C22H52O7Si5. The Morgan fingerprint density at radius 2 is 1.15 bits per heavy atom. The number of carbonyl (C=O) groups is 1. The Morgan fingerprint density at radius 1 is 0.676 bits per heavy atom. The molecule has 5 atom stereocenters. The summed E-state index contributed by atoms with van der Waals surface area (Å²) in [5.74, 6) is -0.363. The average Bonchev–Trinajstić information content (AvgIpc) is 2.80. The first kappa shape index (κ1) is 32.4. The molecule has 0 aromatic carbocycles. The van der Waals surface area contributed by atoms with E-state index in [4.69, 9.17) is 26.9 Å². The molecule has 0 unspecified atom stereocenters. The Balaban J connectivity index is 3.52. The van der Waals surface area contributed by atoms with Gasteiger partial charge in [-0.05, 0) is 98.2 Å². The lowest BCUT2D eigenvalue weighted by Gasteiger charge is -2.41. The van der Waals surface area contributed by atoms with E-state index in [1.807, 2.05) is 0 Å². The normalized spacial score (nSPS) is 24.8. The molecule has 34 heavy (non-hydrogen) atoms. The molecule has 0 aromatic heterocycles. The summed E-state index contributed by atoms with van der Waals surface area (Å²) in [6.45, 7) is 32.4. The van der Waals surface area contributed by atoms with Gasteiger partial charge in [-0.25, -0.2) is 4.79 Å². The van der Waals surface area contributed by atoms with E-state index in [-0.39, 0.29) is 12.1 Å². The largest absolute Gasteiger partial charge is 0.455 e. The second kappa shape index (κ2) is 11.4. The highest BCUT2D eigenvalue weighted by Crippen LogP contribution is 2.34. The summed E-state index contributed by atoms with van der Waals surface area (Å²) >= 11 is 0. The van der Waals surface area contributed by atoms with Crippen LogP contribution in [0.5, 0.6) is 0 Å². The topological polar surface area (TPSA) is 72.5 Å². The third kappa shape index (κ3) is 12.5. The first-order chi connectivity index (χ1) is 14.9. The van der Waals surface area contributed by atoms with Crippen molar-refractivity contribution in [2.24, 2.45) is 0 Å². The number of rotatable bonds is 13. The molecule has 0 saturated carbocycles. The van der Waals surface area contributed by atoms with Crippen LogP contribution in [-0.2, 0) is 31.7 Å². The molecule has 1 aliphatic rings. The summed E-state index contributed by atoms with van der Waals surface area (Å²) in [5.41, 5.74) is 0. The predicted molar refractivity (Wildman–Crippen MR) is 152 cm³/mol. The van der Waals surface area contributed by atoms with E-state index in [0.717, 1.165) is 0 Å². The van der Waals surface area contributed by atoms with Gasteiger partial charge in [0.1, 0.15) is 12.2 Å². The minimum atomic E-state index is -2.06. The minimum Gasteiger partial charge on any atom is -0.455 e. The van der Waals surface area contributed by atoms with Crippen molar-refractivity contribution in [1.82, 2.24) is 0 Å². The van der Waals surface area contributed by atoms with Gasteiger partial charge in [0.25, 0.3) is 0 Å². The van der Waals surface area contributed by atoms with Gasteiger partial charge in [0.15, 0.2) is 53.8 Å². The molecule has 1 fully saturated rings. The second-order valence-electron chi connectivity index (χ2n) is 14.1. The lowest BCUT2D eigenvalue weighted by atomic mass is 10.0. The van der Waals surface area contributed by atoms with Gasteiger partial charge in [-0.2, -0.15) is 0 Å². The zero-order chi connectivity index (χ0) is 26.9. The van der Waals surface area contributed by atoms with Crippen LogP contribution in [0, 0.1) is 0 Å². The Kier molecular flexibility index (Phi) is 10.9. The van der Waals surface area contributed by atoms with Crippen molar-refractivity contribution < 1.29 is 31.7 Å².